The number of rotatable bonds is 4. The molecule has 0 saturated carbocycles. The zero-order chi connectivity index (χ0) is 23.2. The summed E-state index contributed by atoms with van der Waals surface area (Å²) in [5.74, 6) is -2.40. The second kappa shape index (κ2) is 8.13. The van der Waals surface area contributed by atoms with Gasteiger partial charge in [0.2, 0.25) is 0 Å². The van der Waals surface area contributed by atoms with Crippen LogP contribution in [0.5, 0.6) is 0 Å². The molecular weight excluding hydrogens is 422 g/mol. The summed E-state index contributed by atoms with van der Waals surface area (Å²) in [7, 11) is 1.63. The van der Waals surface area contributed by atoms with Crippen molar-refractivity contribution >= 4 is 29.0 Å². The fraction of sp³-hybridized carbons (Fsp3) is 0.320. The van der Waals surface area contributed by atoms with Gasteiger partial charge in [-0.25, -0.2) is 0 Å². The highest BCUT2D eigenvalue weighted by atomic mass is 16.5. The molecule has 5 rings (SSSR count). The third-order valence-electron chi connectivity index (χ3n) is 6.73. The molecule has 2 saturated heterocycles. The molecule has 3 aliphatic heterocycles. The Morgan fingerprint density at radius 2 is 1.64 bits per heavy atom. The molecule has 2 aromatic rings. The van der Waals surface area contributed by atoms with Gasteiger partial charge in [-0.2, -0.15) is 0 Å². The summed E-state index contributed by atoms with van der Waals surface area (Å²) in [4.78, 5) is 45.6. The molecular formula is C25H25N3O5. The number of morpholine rings is 1. The number of benzene rings is 2. The predicted octanol–water partition coefficient (Wildman–Crippen LogP) is 1.57. The normalized spacial score (nSPS) is 24.7. The van der Waals surface area contributed by atoms with E-state index in [1.54, 1.807) is 61.6 Å². The number of hydrogen-bond donors (Lipinski definition) is 1. The standard InChI is InChI=1S/C25H25N3O5/c1-26-19-10-6-5-9-18(19)25(24(26)32)20(21(29)17-7-3-2-4-8-17)22(30)23(31)28(25)12-11-27-13-15-33-16-14-27/h2-10,29H,11-16H2,1H3/t25-/m1/s1. The Bertz CT molecular complexity index is 1160. The number of carbonyl (C=O) groups is 3. The van der Waals surface area contributed by atoms with Crippen LogP contribution in [0.2, 0.25) is 0 Å². The largest absolute Gasteiger partial charge is 0.507 e. The van der Waals surface area contributed by atoms with Crippen LogP contribution >= 0.6 is 0 Å². The summed E-state index contributed by atoms with van der Waals surface area (Å²) >= 11 is 0. The number of aliphatic hydroxyl groups excluding tert-OH is 1. The fourth-order valence-corrected chi connectivity index (χ4v) is 5.08. The third-order valence-corrected chi connectivity index (χ3v) is 6.73. The monoisotopic (exact) mass is 447 g/mol. The van der Waals surface area contributed by atoms with E-state index in [0.29, 0.717) is 49.7 Å². The van der Waals surface area contributed by atoms with E-state index in [2.05, 4.69) is 4.90 Å². The molecule has 0 unspecified atom stereocenters. The molecule has 2 aromatic carbocycles. The lowest BCUT2D eigenvalue weighted by Gasteiger charge is -2.36. The van der Waals surface area contributed by atoms with E-state index in [0.717, 1.165) is 0 Å². The Morgan fingerprint density at radius 1 is 0.970 bits per heavy atom. The predicted molar refractivity (Wildman–Crippen MR) is 121 cm³/mol. The molecule has 1 spiro atoms. The minimum Gasteiger partial charge on any atom is -0.507 e. The first kappa shape index (κ1) is 21.4. The maximum Gasteiger partial charge on any atom is 0.296 e. The second-order valence-electron chi connectivity index (χ2n) is 8.42. The highest BCUT2D eigenvalue weighted by Gasteiger charge is 2.66. The molecule has 3 heterocycles. The molecule has 1 N–H and O–H groups in total. The smallest absolute Gasteiger partial charge is 0.296 e. The number of carbonyl (C=O) groups excluding carboxylic acids is 3. The minimum absolute atomic E-state index is 0.171. The van der Waals surface area contributed by atoms with E-state index < -0.39 is 23.1 Å². The van der Waals surface area contributed by atoms with Gasteiger partial charge >= 0.3 is 0 Å². The quantitative estimate of drug-likeness (QED) is 0.435. The number of para-hydroxylation sites is 1. The molecule has 0 bridgehead atoms. The van der Waals surface area contributed by atoms with Crippen molar-refractivity contribution in [1.82, 2.24) is 9.80 Å². The Labute approximate surface area is 191 Å². The molecule has 170 valence electrons. The van der Waals surface area contributed by atoms with Crippen LogP contribution in [0.1, 0.15) is 11.1 Å². The van der Waals surface area contributed by atoms with Crippen LogP contribution in [-0.4, -0.2) is 78.9 Å². The molecule has 8 nitrogen and oxygen atoms in total. The molecule has 0 radical (unpaired) electrons. The van der Waals surface area contributed by atoms with Gasteiger partial charge in [0.25, 0.3) is 17.6 Å². The molecule has 1 atom stereocenters. The lowest BCUT2D eigenvalue weighted by Crippen LogP contribution is -2.53. The van der Waals surface area contributed by atoms with Crippen molar-refractivity contribution in [2.45, 2.75) is 5.54 Å². The molecule has 3 aliphatic rings. The number of fused-ring (bicyclic) bond motifs is 2. The van der Waals surface area contributed by atoms with Gasteiger partial charge < -0.3 is 19.6 Å². The highest BCUT2D eigenvalue weighted by molar-refractivity contribution is 6.50. The molecule has 33 heavy (non-hydrogen) atoms. The van der Waals surface area contributed by atoms with E-state index in [-0.39, 0.29) is 17.9 Å². The number of ether oxygens (including phenoxy) is 1. The van der Waals surface area contributed by atoms with Crippen molar-refractivity contribution in [3.8, 4) is 0 Å². The number of nitrogens with zero attached hydrogens (tertiary/aromatic N) is 3. The maximum atomic E-state index is 13.9. The number of Topliss-reactive ketones (excluding diaryl/α,β-unsaturated/α-hetero) is 1. The van der Waals surface area contributed by atoms with Crippen molar-refractivity contribution in [2.24, 2.45) is 0 Å². The fourth-order valence-electron chi connectivity index (χ4n) is 5.08. The summed E-state index contributed by atoms with van der Waals surface area (Å²) in [5, 5.41) is 11.3. The van der Waals surface area contributed by atoms with Gasteiger partial charge in [-0.15, -0.1) is 0 Å². The average Bonchev–Trinajstić information content (AvgIpc) is 3.22. The number of likely N-dealkylation sites (tertiary alicyclic amines) is 1. The lowest BCUT2D eigenvalue weighted by molar-refractivity contribution is -0.144. The van der Waals surface area contributed by atoms with Crippen molar-refractivity contribution in [1.29, 1.82) is 0 Å². The lowest BCUT2D eigenvalue weighted by atomic mass is 9.82. The summed E-state index contributed by atoms with van der Waals surface area (Å²) in [6.07, 6.45) is 0. The minimum atomic E-state index is -1.70. The summed E-state index contributed by atoms with van der Waals surface area (Å²) in [5.41, 5.74) is -0.368. The summed E-state index contributed by atoms with van der Waals surface area (Å²) < 4.78 is 5.40. The van der Waals surface area contributed by atoms with E-state index >= 15 is 0 Å². The average molecular weight is 447 g/mol. The number of ketones is 1. The van der Waals surface area contributed by atoms with Gasteiger partial charge in [0.05, 0.1) is 18.8 Å². The number of likely N-dealkylation sites (N-methyl/N-ethyl adjacent to an activating group) is 1. The summed E-state index contributed by atoms with van der Waals surface area (Å²) in [6.45, 7) is 3.29. The van der Waals surface area contributed by atoms with E-state index in [4.69, 9.17) is 4.74 Å². The van der Waals surface area contributed by atoms with Gasteiger partial charge in [-0.1, -0.05) is 48.5 Å². The van der Waals surface area contributed by atoms with Gasteiger partial charge in [0.15, 0.2) is 5.54 Å². The Hall–Kier alpha value is -3.49. The first-order valence-electron chi connectivity index (χ1n) is 11.0. The topological polar surface area (TPSA) is 90.4 Å². The van der Waals surface area contributed by atoms with Gasteiger partial charge in [-0.05, 0) is 6.07 Å². The number of hydrogen-bond acceptors (Lipinski definition) is 6. The number of amides is 2. The molecule has 0 aromatic heterocycles. The Morgan fingerprint density at radius 3 is 2.36 bits per heavy atom. The maximum absolute atomic E-state index is 13.9. The number of aliphatic hydroxyl groups is 1. The van der Waals surface area contributed by atoms with Crippen LogP contribution in [0.4, 0.5) is 5.69 Å². The molecule has 8 heteroatoms. The van der Waals surface area contributed by atoms with Crippen LogP contribution < -0.4 is 4.90 Å². The first-order chi connectivity index (χ1) is 16.0. The molecule has 2 fully saturated rings. The van der Waals surface area contributed by atoms with Gasteiger partial charge in [-0.3, -0.25) is 19.3 Å². The molecule has 2 amide bonds. The Kier molecular flexibility index (Phi) is 5.26. The number of anilines is 1. The van der Waals surface area contributed by atoms with Crippen LogP contribution in [0.15, 0.2) is 60.2 Å². The van der Waals surface area contributed by atoms with E-state index in [1.165, 1.54) is 9.80 Å². The van der Waals surface area contributed by atoms with Crippen molar-refractivity contribution in [3.05, 3.63) is 71.3 Å². The van der Waals surface area contributed by atoms with Crippen LogP contribution in [-0.2, 0) is 24.7 Å². The Balaban J connectivity index is 1.69. The highest BCUT2D eigenvalue weighted by Crippen LogP contribution is 2.53. The zero-order valence-corrected chi connectivity index (χ0v) is 18.4. The zero-order valence-electron chi connectivity index (χ0n) is 18.4. The SMILES string of the molecule is CN1C(=O)[C@]2(C(=C(O)c3ccccc3)C(=O)C(=O)N2CCN2CCOCC2)c2ccccc21. The third kappa shape index (κ3) is 3.09. The second-order valence-corrected chi connectivity index (χ2v) is 8.42. The van der Waals surface area contributed by atoms with Gasteiger partial charge in [0, 0.05) is 50.0 Å². The van der Waals surface area contributed by atoms with Crippen LogP contribution in [0.25, 0.3) is 5.76 Å². The van der Waals surface area contributed by atoms with Gasteiger partial charge in [0.1, 0.15) is 5.76 Å². The van der Waals surface area contributed by atoms with E-state index in [1.807, 2.05) is 0 Å². The van der Waals surface area contributed by atoms with Crippen molar-refractivity contribution in [3.63, 3.8) is 0 Å². The van der Waals surface area contributed by atoms with Crippen molar-refractivity contribution < 1.29 is 24.2 Å². The summed E-state index contributed by atoms with van der Waals surface area (Å²) in [6, 6.07) is 15.7. The van der Waals surface area contributed by atoms with Crippen molar-refractivity contribution in [2.75, 3.05) is 51.3 Å². The molecule has 0 aliphatic carbocycles. The van der Waals surface area contributed by atoms with E-state index in [9.17, 15) is 19.5 Å². The first-order valence-corrected chi connectivity index (χ1v) is 11.0. The van der Waals surface area contributed by atoms with Crippen LogP contribution in [0, 0.1) is 0 Å². The van der Waals surface area contributed by atoms with Crippen LogP contribution in [0.3, 0.4) is 0 Å².